The molecule has 170 valence electrons. The van der Waals surface area contributed by atoms with Gasteiger partial charge in [-0.25, -0.2) is 0 Å². The second kappa shape index (κ2) is 8.31. The van der Waals surface area contributed by atoms with Gasteiger partial charge in [-0.15, -0.1) is 0 Å². The first-order valence-electron chi connectivity index (χ1n) is 11.0. The van der Waals surface area contributed by atoms with Gasteiger partial charge in [0.2, 0.25) is 5.78 Å². The number of furan rings is 1. The van der Waals surface area contributed by atoms with Crippen LogP contribution in [0.2, 0.25) is 0 Å². The summed E-state index contributed by atoms with van der Waals surface area (Å²) in [5.74, 6) is -0.511. The van der Waals surface area contributed by atoms with Crippen LogP contribution in [-0.4, -0.2) is 42.0 Å². The number of para-hydroxylation sites is 2. The van der Waals surface area contributed by atoms with Crippen LogP contribution in [0.4, 0.5) is 0 Å². The van der Waals surface area contributed by atoms with E-state index in [0.717, 1.165) is 25.7 Å². The molecule has 1 aliphatic heterocycles. The second-order valence-electron chi connectivity index (χ2n) is 8.38. The van der Waals surface area contributed by atoms with Gasteiger partial charge in [-0.3, -0.25) is 9.59 Å². The van der Waals surface area contributed by atoms with Gasteiger partial charge in [0, 0.05) is 17.0 Å². The van der Waals surface area contributed by atoms with Crippen LogP contribution in [0.15, 0.2) is 64.3 Å². The Morgan fingerprint density at radius 2 is 1.73 bits per heavy atom. The highest BCUT2D eigenvalue weighted by atomic mass is 16.5. The van der Waals surface area contributed by atoms with Crippen molar-refractivity contribution in [3.05, 3.63) is 71.2 Å². The molecule has 1 saturated carbocycles. The highest BCUT2D eigenvalue weighted by Crippen LogP contribution is 2.46. The van der Waals surface area contributed by atoms with Crippen LogP contribution in [0.25, 0.3) is 11.0 Å². The number of nitrogens with zero attached hydrogens (tertiary/aromatic N) is 1. The van der Waals surface area contributed by atoms with Crippen molar-refractivity contribution < 1.29 is 28.6 Å². The molecule has 33 heavy (non-hydrogen) atoms. The number of benzene rings is 2. The van der Waals surface area contributed by atoms with Crippen molar-refractivity contribution in [2.75, 3.05) is 14.2 Å². The summed E-state index contributed by atoms with van der Waals surface area (Å²) in [6.07, 6.45) is 3.66. The van der Waals surface area contributed by atoms with E-state index >= 15 is 0 Å². The second-order valence-corrected chi connectivity index (χ2v) is 8.38. The van der Waals surface area contributed by atoms with Crippen LogP contribution in [0.3, 0.4) is 0 Å². The number of methoxy groups -OCH3 is 2. The van der Waals surface area contributed by atoms with E-state index in [1.165, 1.54) is 7.11 Å². The van der Waals surface area contributed by atoms with E-state index < -0.39 is 23.5 Å². The Kier molecular flexibility index (Phi) is 5.32. The van der Waals surface area contributed by atoms with Crippen LogP contribution < -0.4 is 9.47 Å². The minimum atomic E-state index is -0.764. The number of amides is 1. The molecule has 0 radical (unpaired) electrons. The molecular formula is C26H25NO6. The fraction of sp³-hybridized carbons (Fsp3) is 0.308. The molecule has 2 heterocycles. The minimum absolute atomic E-state index is 0.00872. The lowest BCUT2D eigenvalue weighted by molar-refractivity contribution is -0.131. The molecule has 1 aliphatic carbocycles. The molecule has 1 aromatic heterocycles. The molecule has 2 aromatic carbocycles. The van der Waals surface area contributed by atoms with Gasteiger partial charge >= 0.3 is 0 Å². The zero-order chi connectivity index (χ0) is 23.1. The molecule has 1 atom stereocenters. The topological polar surface area (TPSA) is 89.2 Å². The third-order valence-electron chi connectivity index (χ3n) is 6.59. The monoisotopic (exact) mass is 447 g/mol. The summed E-state index contributed by atoms with van der Waals surface area (Å²) in [4.78, 5) is 28.7. The smallest absolute Gasteiger partial charge is 0.290 e. The normalized spacial score (nSPS) is 19.0. The minimum Gasteiger partial charge on any atom is -0.503 e. The zero-order valence-corrected chi connectivity index (χ0v) is 18.5. The fourth-order valence-corrected chi connectivity index (χ4v) is 5.05. The van der Waals surface area contributed by atoms with E-state index in [1.807, 2.05) is 24.3 Å². The highest BCUT2D eigenvalue weighted by Gasteiger charge is 2.48. The first kappa shape index (κ1) is 21.1. The lowest BCUT2D eigenvalue weighted by atomic mass is 9.93. The van der Waals surface area contributed by atoms with Crippen molar-refractivity contribution in [3.8, 4) is 11.5 Å². The van der Waals surface area contributed by atoms with Gasteiger partial charge in [-0.1, -0.05) is 43.2 Å². The van der Waals surface area contributed by atoms with Crippen molar-refractivity contribution in [1.82, 2.24) is 4.90 Å². The third-order valence-corrected chi connectivity index (χ3v) is 6.59. The van der Waals surface area contributed by atoms with E-state index in [9.17, 15) is 14.7 Å². The number of ether oxygens (including phenoxy) is 2. The molecule has 1 fully saturated rings. The highest BCUT2D eigenvalue weighted by molar-refractivity contribution is 6.16. The fourth-order valence-electron chi connectivity index (χ4n) is 5.05. The van der Waals surface area contributed by atoms with Crippen LogP contribution in [0, 0.1) is 0 Å². The average Bonchev–Trinajstić information content (AvgIpc) is 3.57. The molecule has 1 unspecified atom stereocenters. The van der Waals surface area contributed by atoms with Crippen molar-refractivity contribution in [1.29, 1.82) is 0 Å². The number of aliphatic hydroxyl groups excluding tert-OH is 1. The van der Waals surface area contributed by atoms with Gasteiger partial charge in [-0.05, 0) is 31.0 Å². The molecule has 0 bridgehead atoms. The number of carbonyl (C=O) groups is 2. The van der Waals surface area contributed by atoms with Gasteiger partial charge in [-0.2, -0.15) is 0 Å². The average molecular weight is 447 g/mol. The lowest BCUT2D eigenvalue weighted by Gasteiger charge is -2.32. The van der Waals surface area contributed by atoms with Crippen LogP contribution in [0.5, 0.6) is 11.5 Å². The summed E-state index contributed by atoms with van der Waals surface area (Å²) in [5.41, 5.74) is 1.10. The van der Waals surface area contributed by atoms with Crippen molar-refractivity contribution in [2.24, 2.45) is 0 Å². The molecule has 0 saturated heterocycles. The molecule has 0 spiro atoms. The SMILES string of the molecule is COc1ccccc1C1C(C(=O)c2cc3cccc(OC)c3o2)=C(O)C(=O)N1C1CCCC1. The Balaban J connectivity index is 1.65. The van der Waals surface area contributed by atoms with E-state index in [2.05, 4.69) is 0 Å². The Morgan fingerprint density at radius 3 is 2.45 bits per heavy atom. The van der Waals surface area contributed by atoms with Crippen molar-refractivity contribution >= 4 is 22.7 Å². The Bertz CT molecular complexity index is 1270. The van der Waals surface area contributed by atoms with Crippen LogP contribution in [0.1, 0.15) is 47.8 Å². The molecule has 1 amide bonds. The van der Waals surface area contributed by atoms with Gasteiger partial charge in [0.15, 0.2) is 22.9 Å². The maximum absolute atomic E-state index is 13.7. The summed E-state index contributed by atoms with van der Waals surface area (Å²) in [6.45, 7) is 0. The van der Waals surface area contributed by atoms with E-state index in [4.69, 9.17) is 13.9 Å². The Labute approximate surface area is 191 Å². The molecule has 1 N–H and O–H groups in total. The first-order valence-corrected chi connectivity index (χ1v) is 11.0. The van der Waals surface area contributed by atoms with E-state index in [0.29, 0.717) is 28.0 Å². The van der Waals surface area contributed by atoms with Crippen molar-refractivity contribution in [3.63, 3.8) is 0 Å². The maximum atomic E-state index is 13.7. The number of rotatable bonds is 6. The maximum Gasteiger partial charge on any atom is 0.290 e. The van der Waals surface area contributed by atoms with Crippen LogP contribution in [-0.2, 0) is 4.79 Å². The van der Waals surface area contributed by atoms with Gasteiger partial charge in [0.05, 0.1) is 25.8 Å². The van der Waals surface area contributed by atoms with E-state index in [-0.39, 0.29) is 17.4 Å². The van der Waals surface area contributed by atoms with Gasteiger partial charge < -0.3 is 23.9 Å². The molecule has 7 heteroatoms. The van der Waals surface area contributed by atoms with Gasteiger partial charge in [0.1, 0.15) is 5.75 Å². The Morgan fingerprint density at radius 1 is 1.03 bits per heavy atom. The third kappa shape index (κ3) is 3.35. The number of hydrogen-bond acceptors (Lipinski definition) is 6. The van der Waals surface area contributed by atoms with Crippen molar-refractivity contribution in [2.45, 2.75) is 37.8 Å². The molecular weight excluding hydrogens is 422 g/mol. The summed E-state index contributed by atoms with van der Waals surface area (Å²) >= 11 is 0. The number of carbonyl (C=O) groups excluding carboxylic acids is 2. The predicted molar refractivity (Wildman–Crippen MR) is 122 cm³/mol. The molecule has 2 aliphatic rings. The largest absolute Gasteiger partial charge is 0.503 e. The zero-order valence-electron chi connectivity index (χ0n) is 18.5. The summed E-state index contributed by atoms with van der Waals surface area (Å²) in [7, 11) is 3.08. The number of Topliss-reactive ketones (excluding diaryl/α,β-unsaturated/α-hetero) is 1. The van der Waals surface area contributed by atoms with Crippen LogP contribution >= 0.6 is 0 Å². The summed E-state index contributed by atoms with van der Waals surface area (Å²) in [6, 6.07) is 13.4. The lowest BCUT2D eigenvalue weighted by Crippen LogP contribution is -2.38. The quantitative estimate of drug-likeness (QED) is 0.537. The predicted octanol–water partition coefficient (Wildman–Crippen LogP) is 4.97. The number of aliphatic hydroxyl groups is 1. The Hall–Kier alpha value is -3.74. The number of hydrogen-bond donors (Lipinski definition) is 1. The first-order chi connectivity index (χ1) is 16.0. The summed E-state index contributed by atoms with van der Waals surface area (Å²) in [5, 5.41) is 11.6. The van der Waals surface area contributed by atoms with Gasteiger partial charge in [0.25, 0.3) is 5.91 Å². The standard InChI is InChI=1S/C26H25NO6/c1-31-18-12-6-5-11-17(18)22-21(24(29)26(30)27(22)16-9-3-4-10-16)23(28)20-14-15-8-7-13-19(32-2)25(15)33-20/h5-8,11-14,16,22,29H,3-4,9-10H2,1-2H3. The number of ketones is 1. The molecule has 3 aromatic rings. The molecule has 7 nitrogen and oxygen atoms in total. The van der Waals surface area contributed by atoms with E-state index in [1.54, 1.807) is 36.3 Å². The number of fused-ring (bicyclic) bond motifs is 1. The summed E-state index contributed by atoms with van der Waals surface area (Å²) < 4.78 is 16.8. The molecule has 5 rings (SSSR count).